The second-order valence-electron chi connectivity index (χ2n) is 3.66. The van der Waals surface area contributed by atoms with Gasteiger partial charge in [0.05, 0.1) is 10.2 Å². The van der Waals surface area contributed by atoms with Crippen LogP contribution in [-0.4, -0.2) is 16.2 Å². The van der Waals surface area contributed by atoms with E-state index in [0.717, 1.165) is 0 Å². The van der Waals surface area contributed by atoms with E-state index in [-0.39, 0.29) is 15.7 Å². The highest BCUT2D eigenvalue weighted by Gasteiger charge is 2.17. The van der Waals surface area contributed by atoms with Crippen molar-refractivity contribution in [2.45, 2.75) is 5.16 Å². The van der Waals surface area contributed by atoms with E-state index in [1.807, 2.05) is 6.07 Å². The molecule has 0 atom stereocenters. The quantitative estimate of drug-likeness (QED) is 0.458. The minimum absolute atomic E-state index is 0.109. The van der Waals surface area contributed by atoms with Gasteiger partial charge in [0.1, 0.15) is 17.4 Å². The van der Waals surface area contributed by atoms with Gasteiger partial charge in [0, 0.05) is 10.0 Å². The molecular weight excluding hydrogens is 413 g/mol. The smallest absolute Gasteiger partial charge is 0.270 e. The molecular formula is C12H6Br2FN3OS. The molecule has 0 aliphatic carbocycles. The van der Waals surface area contributed by atoms with Crippen molar-refractivity contribution in [2.75, 3.05) is 6.26 Å². The summed E-state index contributed by atoms with van der Waals surface area (Å²) in [5.41, 5.74) is 0.0561. The normalized spacial score (nSPS) is 10.3. The summed E-state index contributed by atoms with van der Waals surface area (Å²) in [6.45, 7) is 0. The van der Waals surface area contributed by atoms with Crippen molar-refractivity contribution in [3.05, 3.63) is 42.8 Å². The van der Waals surface area contributed by atoms with Crippen LogP contribution in [0.15, 0.2) is 31.0 Å². The summed E-state index contributed by atoms with van der Waals surface area (Å²) < 4.78 is 14.1. The Morgan fingerprint density at radius 2 is 2.10 bits per heavy atom. The van der Waals surface area contributed by atoms with Crippen LogP contribution in [0.5, 0.6) is 0 Å². The first-order valence-electron chi connectivity index (χ1n) is 5.21. The average Bonchev–Trinajstić information content (AvgIpc) is 2.42. The molecule has 8 heteroatoms. The fraction of sp³-hybridized carbons (Fsp3) is 0.0833. The molecule has 0 spiro atoms. The number of nitrogens with zero attached hydrogens (tertiary/aromatic N) is 2. The van der Waals surface area contributed by atoms with Gasteiger partial charge in [-0.15, -0.1) is 0 Å². The van der Waals surface area contributed by atoms with E-state index in [4.69, 9.17) is 5.26 Å². The minimum Gasteiger partial charge on any atom is -0.300 e. The number of rotatable bonds is 2. The third kappa shape index (κ3) is 2.80. The summed E-state index contributed by atoms with van der Waals surface area (Å²) in [6.07, 6.45) is 1.75. The van der Waals surface area contributed by atoms with Gasteiger partial charge in [-0.05, 0) is 50.2 Å². The van der Waals surface area contributed by atoms with Gasteiger partial charge < -0.3 is 4.98 Å². The molecule has 4 nitrogen and oxygen atoms in total. The number of halogens is 3. The van der Waals surface area contributed by atoms with Crippen molar-refractivity contribution in [1.29, 1.82) is 5.26 Å². The van der Waals surface area contributed by atoms with Gasteiger partial charge >= 0.3 is 0 Å². The van der Waals surface area contributed by atoms with Crippen molar-refractivity contribution in [2.24, 2.45) is 0 Å². The predicted octanol–water partition coefficient (Wildman–Crippen LogP) is 3.69. The lowest BCUT2D eigenvalue weighted by Gasteiger charge is -2.08. The SMILES string of the molecule is CSc1nc(-c2cc(Br)c(F)cc2Br)c(C#N)c(=O)[nH]1. The number of thioether (sulfide) groups is 1. The molecule has 0 radical (unpaired) electrons. The molecule has 0 aliphatic rings. The Kier molecular flexibility index (Phi) is 4.62. The van der Waals surface area contributed by atoms with Crippen LogP contribution in [-0.2, 0) is 0 Å². The van der Waals surface area contributed by atoms with Gasteiger partial charge in [0.15, 0.2) is 5.16 Å². The molecule has 1 aromatic carbocycles. The van der Waals surface area contributed by atoms with Gasteiger partial charge in [-0.2, -0.15) is 5.26 Å². The van der Waals surface area contributed by atoms with Crippen LogP contribution in [0, 0.1) is 17.1 Å². The third-order valence-electron chi connectivity index (χ3n) is 2.47. The van der Waals surface area contributed by atoms with E-state index < -0.39 is 11.4 Å². The fourth-order valence-corrected chi connectivity index (χ4v) is 2.78. The van der Waals surface area contributed by atoms with E-state index >= 15 is 0 Å². The summed E-state index contributed by atoms with van der Waals surface area (Å²) >= 11 is 7.55. The van der Waals surface area contributed by atoms with E-state index in [0.29, 0.717) is 15.2 Å². The molecule has 0 aliphatic heterocycles. The molecule has 1 aromatic heterocycles. The Balaban J connectivity index is 2.82. The average molecular weight is 419 g/mol. The molecule has 0 fully saturated rings. The van der Waals surface area contributed by atoms with Gasteiger partial charge in [0.25, 0.3) is 5.56 Å². The van der Waals surface area contributed by atoms with Crippen LogP contribution in [0.2, 0.25) is 0 Å². The monoisotopic (exact) mass is 417 g/mol. The van der Waals surface area contributed by atoms with Gasteiger partial charge in [-0.1, -0.05) is 11.8 Å². The fourth-order valence-electron chi connectivity index (χ4n) is 1.55. The number of aromatic nitrogens is 2. The highest BCUT2D eigenvalue weighted by molar-refractivity contribution is 9.11. The number of aromatic amines is 1. The zero-order valence-corrected chi connectivity index (χ0v) is 14.0. The lowest BCUT2D eigenvalue weighted by molar-refractivity contribution is 0.620. The summed E-state index contributed by atoms with van der Waals surface area (Å²) in [7, 11) is 0. The highest BCUT2D eigenvalue weighted by atomic mass is 79.9. The van der Waals surface area contributed by atoms with E-state index in [1.54, 1.807) is 6.26 Å². The topological polar surface area (TPSA) is 69.5 Å². The molecule has 102 valence electrons. The maximum Gasteiger partial charge on any atom is 0.270 e. The lowest BCUT2D eigenvalue weighted by Crippen LogP contribution is -2.14. The minimum atomic E-state index is -0.519. The standard InChI is InChI=1S/C12H6Br2FN3OS/c1-20-12-17-10(6(4-16)11(19)18-12)5-2-8(14)9(15)3-7(5)13/h2-3H,1H3,(H,17,18,19). The lowest BCUT2D eigenvalue weighted by atomic mass is 10.1. The van der Waals surface area contributed by atoms with Crippen LogP contribution in [0.4, 0.5) is 4.39 Å². The molecule has 2 rings (SSSR count). The first-order valence-corrected chi connectivity index (χ1v) is 8.02. The first-order chi connectivity index (χ1) is 9.47. The molecule has 1 N–H and O–H groups in total. The van der Waals surface area contributed by atoms with Gasteiger partial charge in [-0.25, -0.2) is 9.37 Å². The van der Waals surface area contributed by atoms with Crippen LogP contribution in [0.1, 0.15) is 5.56 Å². The van der Waals surface area contributed by atoms with Crippen molar-refractivity contribution >= 4 is 43.6 Å². The summed E-state index contributed by atoms with van der Waals surface area (Å²) in [5.74, 6) is -0.450. The van der Waals surface area contributed by atoms with Crippen LogP contribution >= 0.6 is 43.6 Å². The molecule has 0 amide bonds. The van der Waals surface area contributed by atoms with E-state index in [9.17, 15) is 9.18 Å². The Morgan fingerprint density at radius 3 is 2.70 bits per heavy atom. The summed E-state index contributed by atoms with van der Waals surface area (Å²) in [6, 6.07) is 4.56. The largest absolute Gasteiger partial charge is 0.300 e. The van der Waals surface area contributed by atoms with Crippen LogP contribution in [0.25, 0.3) is 11.3 Å². The van der Waals surface area contributed by atoms with E-state index in [2.05, 4.69) is 41.8 Å². The first kappa shape index (κ1) is 15.2. The number of hydrogen-bond donors (Lipinski definition) is 1. The zero-order valence-electron chi connectivity index (χ0n) is 10.00. The van der Waals surface area contributed by atoms with Gasteiger partial charge in [0.2, 0.25) is 0 Å². The summed E-state index contributed by atoms with van der Waals surface area (Å²) in [5, 5.41) is 9.51. The molecule has 0 bridgehead atoms. The Labute approximate surface area is 134 Å². The highest BCUT2D eigenvalue weighted by Crippen LogP contribution is 2.33. The predicted molar refractivity (Wildman–Crippen MR) is 82.1 cm³/mol. The number of H-pyrrole nitrogens is 1. The van der Waals surface area contributed by atoms with Crippen molar-refractivity contribution in [3.8, 4) is 17.3 Å². The maximum atomic E-state index is 13.4. The van der Waals surface area contributed by atoms with E-state index in [1.165, 1.54) is 23.9 Å². The Morgan fingerprint density at radius 1 is 1.40 bits per heavy atom. The second kappa shape index (κ2) is 6.08. The van der Waals surface area contributed by atoms with Crippen molar-refractivity contribution < 1.29 is 4.39 Å². The second-order valence-corrected chi connectivity index (χ2v) is 6.16. The third-order valence-corrected chi connectivity index (χ3v) is 4.31. The Hall–Kier alpha value is -1.17. The number of nitriles is 1. The van der Waals surface area contributed by atoms with Crippen LogP contribution in [0.3, 0.4) is 0 Å². The Bertz CT molecular complexity index is 785. The summed E-state index contributed by atoms with van der Waals surface area (Å²) in [4.78, 5) is 18.6. The number of nitrogens with one attached hydrogen (secondary N) is 1. The molecule has 0 saturated carbocycles. The molecule has 0 saturated heterocycles. The van der Waals surface area contributed by atoms with Gasteiger partial charge in [-0.3, -0.25) is 4.79 Å². The van der Waals surface area contributed by atoms with Crippen molar-refractivity contribution in [1.82, 2.24) is 9.97 Å². The zero-order chi connectivity index (χ0) is 14.9. The molecule has 20 heavy (non-hydrogen) atoms. The molecule has 2 aromatic rings. The number of benzene rings is 1. The van der Waals surface area contributed by atoms with Crippen molar-refractivity contribution in [3.63, 3.8) is 0 Å². The molecule has 1 heterocycles. The number of hydrogen-bond acceptors (Lipinski definition) is 4. The molecule has 0 unspecified atom stereocenters. The van der Waals surface area contributed by atoms with Crippen LogP contribution < -0.4 is 5.56 Å². The maximum absolute atomic E-state index is 13.4.